The molecule has 0 bridgehead atoms. The van der Waals surface area contributed by atoms with Crippen LogP contribution in [0.3, 0.4) is 0 Å². The molecule has 0 unspecified atom stereocenters. The number of aromatic nitrogens is 1. The summed E-state index contributed by atoms with van der Waals surface area (Å²) in [4.78, 5) is 16.0. The minimum Gasteiger partial charge on any atom is -0.492 e. The van der Waals surface area contributed by atoms with E-state index in [1.54, 1.807) is 6.92 Å². The van der Waals surface area contributed by atoms with Gasteiger partial charge in [-0.05, 0) is 43.9 Å². The lowest BCUT2D eigenvalue weighted by Gasteiger charge is -2.27. The molecule has 0 saturated heterocycles. The zero-order valence-corrected chi connectivity index (χ0v) is 19.6. The highest BCUT2D eigenvalue weighted by Crippen LogP contribution is 2.48. The zero-order chi connectivity index (χ0) is 22.8. The van der Waals surface area contributed by atoms with Crippen molar-refractivity contribution in [2.75, 3.05) is 18.5 Å². The monoisotopic (exact) mass is 467 g/mol. The van der Waals surface area contributed by atoms with Crippen molar-refractivity contribution in [3.8, 4) is 22.6 Å². The summed E-state index contributed by atoms with van der Waals surface area (Å²) in [6.07, 6.45) is 0.186. The van der Waals surface area contributed by atoms with Gasteiger partial charge in [0.15, 0.2) is 16.7 Å². The van der Waals surface area contributed by atoms with Crippen LogP contribution in [0.5, 0.6) is 11.5 Å². The van der Waals surface area contributed by atoms with E-state index in [0.717, 1.165) is 17.5 Å². The van der Waals surface area contributed by atoms with Crippen molar-refractivity contribution in [1.29, 1.82) is 0 Å². The van der Waals surface area contributed by atoms with Crippen molar-refractivity contribution in [2.24, 2.45) is 11.7 Å². The van der Waals surface area contributed by atoms with Gasteiger partial charge < -0.3 is 19.9 Å². The molecule has 0 fully saturated rings. The van der Waals surface area contributed by atoms with Gasteiger partial charge in [-0.2, -0.15) is 0 Å². The normalized spacial score (nSPS) is 14.2. The minimum atomic E-state index is -0.667. The van der Waals surface area contributed by atoms with Gasteiger partial charge in [0, 0.05) is 16.7 Å². The number of fused-ring (bicyclic) bond motifs is 3. The molecule has 2 heterocycles. The van der Waals surface area contributed by atoms with E-state index in [-0.39, 0.29) is 29.2 Å². The van der Waals surface area contributed by atoms with E-state index in [1.807, 2.05) is 25.1 Å². The Kier molecular flexibility index (Phi) is 7.19. The van der Waals surface area contributed by atoms with Gasteiger partial charge in [-0.15, -0.1) is 0 Å². The highest BCUT2D eigenvalue weighted by atomic mass is 35.5. The number of amides is 1. The van der Waals surface area contributed by atoms with Gasteiger partial charge in [0.2, 0.25) is 0 Å². The molecule has 9 heteroatoms. The molecule has 7 nitrogen and oxygen atoms in total. The molecule has 3 rings (SSSR count). The maximum absolute atomic E-state index is 11.8. The van der Waals surface area contributed by atoms with Crippen molar-refractivity contribution >= 4 is 35.1 Å². The van der Waals surface area contributed by atoms with Crippen molar-refractivity contribution in [3.63, 3.8) is 0 Å². The number of pyridine rings is 1. The number of hydrogen-bond acceptors (Lipinski definition) is 6. The number of ether oxygens (including phenoxy) is 3. The van der Waals surface area contributed by atoms with Crippen LogP contribution in [0.1, 0.15) is 39.7 Å². The number of rotatable bonds is 7. The first kappa shape index (κ1) is 23.4. The Bertz CT molecular complexity index is 980. The highest BCUT2D eigenvalue weighted by Gasteiger charge is 2.28. The van der Waals surface area contributed by atoms with E-state index < -0.39 is 11.6 Å². The van der Waals surface area contributed by atoms with E-state index in [1.165, 1.54) is 0 Å². The third-order valence-electron chi connectivity index (χ3n) is 4.71. The maximum atomic E-state index is 11.8. The van der Waals surface area contributed by atoms with Crippen molar-refractivity contribution in [3.05, 3.63) is 33.9 Å². The minimum absolute atomic E-state index is 0.102. The van der Waals surface area contributed by atoms with E-state index in [0.29, 0.717) is 29.6 Å². The summed E-state index contributed by atoms with van der Waals surface area (Å²) in [5, 5.41) is 2.83. The second-order valence-electron chi connectivity index (χ2n) is 8.26. The van der Waals surface area contributed by atoms with Crippen molar-refractivity contribution in [2.45, 2.75) is 46.3 Å². The summed E-state index contributed by atoms with van der Waals surface area (Å²) in [6, 6.07) is 5.63. The molecule has 1 amide bonds. The van der Waals surface area contributed by atoms with Crippen LogP contribution >= 0.6 is 23.2 Å². The van der Waals surface area contributed by atoms with E-state index in [4.69, 9.17) is 43.1 Å². The first-order valence-electron chi connectivity index (χ1n) is 10.1. The first-order valence-corrected chi connectivity index (χ1v) is 10.9. The molecule has 1 aromatic carbocycles. The summed E-state index contributed by atoms with van der Waals surface area (Å²) in [7, 11) is 0. The average molecular weight is 468 g/mol. The molecular formula is C22H27Cl2N3O4. The molecule has 0 aliphatic carbocycles. The van der Waals surface area contributed by atoms with Crippen LogP contribution in [0.2, 0.25) is 10.2 Å². The quantitative estimate of drug-likeness (QED) is 0.510. The number of nitrogens with one attached hydrogen (secondary N) is 1. The Hall–Kier alpha value is -2.22. The molecule has 0 spiro atoms. The van der Waals surface area contributed by atoms with Crippen LogP contribution < -0.4 is 20.5 Å². The standard InChI is InChI=1S/C22H27Cl2N3O4/c1-5-29-21(28)27-20-17(23)16-15-7-6-14(31-11-22(4,25)9-12(2)3)8-13(15)10-30-18(16)19(24)26-20/h6-8,12H,5,9-11,25H2,1-4H3,(H,26,27,28)/t22-/m0/s1. The second kappa shape index (κ2) is 9.51. The molecule has 2 aromatic rings. The van der Waals surface area contributed by atoms with E-state index in [2.05, 4.69) is 24.1 Å². The third-order valence-corrected chi connectivity index (χ3v) is 5.33. The lowest BCUT2D eigenvalue weighted by Crippen LogP contribution is -2.43. The van der Waals surface area contributed by atoms with Crippen LogP contribution in [0, 0.1) is 5.92 Å². The summed E-state index contributed by atoms with van der Waals surface area (Å²) in [6.45, 7) is 8.85. The highest BCUT2D eigenvalue weighted by molar-refractivity contribution is 6.38. The topological polar surface area (TPSA) is 95.7 Å². The van der Waals surface area contributed by atoms with Crippen LogP contribution in [0.4, 0.5) is 10.6 Å². The molecule has 1 aliphatic rings. The molecule has 0 radical (unpaired) electrons. The SMILES string of the molecule is CCOC(=O)Nc1nc(Cl)c2c(c1Cl)-c1ccc(OC[C@@](C)(N)CC(C)C)cc1CO2. The van der Waals surface area contributed by atoms with Gasteiger partial charge in [-0.25, -0.2) is 9.78 Å². The Morgan fingerprint density at radius 1 is 1.39 bits per heavy atom. The summed E-state index contributed by atoms with van der Waals surface area (Å²) in [5.74, 6) is 1.64. The molecular weight excluding hydrogens is 441 g/mol. The number of hydrogen-bond donors (Lipinski definition) is 2. The fourth-order valence-corrected chi connectivity index (χ4v) is 4.16. The number of benzene rings is 1. The lowest BCUT2D eigenvalue weighted by atomic mass is 9.93. The predicted octanol–water partition coefficient (Wildman–Crippen LogP) is 5.66. The van der Waals surface area contributed by atoms with E-state index in [9.17, 15) is 4.79 Å². The molecule has 1 atom stereocenters. The fraction of sp³-hybridized carbons (Fsp3) is 0.455. The van der Waals surface area contributed by atoms with E-state index >= 15 is 0 Å². The van der Waals surface area contributed by atoms with Gasteiger partial charge in [-0.1, -0.05) is 43.1 Å². The number of nitrogens with zero attached hydrogens (tertiary/aromatic N) is 1. The van der Waals surface area contributed by atoms with Crippen LogP contribution in [-0.4, -0.2) is 29.8 Å². The number of nitrogens with two attached hydrogens (primary N) is 1. The Balaban J connectivity index is 1.89. The second-order valence-corrected chi connectivity index (χ2v) is 9.00. The number of anilines is 1. The first-order chi connectivity index (χ1) is 14.6. The van der Waals surface area contributed by atoms with Crippen LogP contribution in [0.25, 0.3) is 11.1 Å². The molecule has 168 valence electrons. The number of carbonyl (C=O) groups excluding carboxylic acids is 1. The fourth-order valence-electron chi connectivity index (χ4n) is 3.65. The maximum Gasteiger partial charge on any atom is 0.412 e. The summed E-state index contributed by atoms with van der Waals surface area (Å²) >= 11 is 12.9. The molecule has 31 heavy (non-hydrogen) atoms. The largest absolute Gasteiger partial charge is 0.492 e. The Labute approximate surface area is 192 Å². The van der Waals surface area contributed by atoms with Gasteiger partial charge in [-0.3, -0.25) is 5.32 Å². The van der Waals surface area contributed by atoms with Crippen molar-refractivity contribution in [1.82, 2.24) is 4.98 Å². The van der Waals surface area contributed by atoms with Gasteiger partial charge in [0.25, 0.3) is 0 Å². The van der Waals surface area contributed by atoms with Crippen LogP contribution in [-0.2, 0) is 11.3 Å². The third kappa shape index (κ3) is 5.53. The Morgan fingerprint density at radius 2 is 2.13 bits per heavy atom. The van der Waals surface area contributed by atoms with Gasteiger partial charge >= 0.3 is 6.09 Å². The summed E-state index contributed by atoms with van der Waals surface area (Å²) < 4.78 is 16.7. The predicted molar refractivity (Wildman–Crippen MR) is 122 cm³/mol. The number of halogens is 2. The molecule has 1 aliphatic heterocycles. The Morgan fingerprint density at radius 3 is 2.81 bits per heavy atom. The summed E-state index contributed by atoms with van der Waals surface area (Å²) in [5.41, 5.74) is 8.18. The number of carbonyl (C=O) groups is 1. The van der Waals surface area contributed by atoms with Crippen LogP contribution in [0.15, 0.2) is 18.2 Å². The lowest BCUT2D eigenvalue weighted by molar-refractivity contribution is 0.168. The molecule has 1 aromatic heterocycles. The van der Waals surface area contributed by atoms with Gasteiger partial charge in [0.05, 0.1) is 11.6 Å². The zero-order valence-electron chi connectivity index (χ0n) is 18.1. The molecule has 0 saturated carbocycles. The average Bonchev–Trinajstić information content (AvgIpc) is 2.68. The smallest absolute Gasteiger partial charge is 0.412 e. The molecule has 3 N–H and O–H groups in total. The van der Waals surface area contributed by atoms with Crippen molar-refractivity contribution < 1.29 is 19.0 Å². The van der Waals surface area contributed by atoms with Gasteiger partial charge in [0.1, 0.15) is 19.0 Å².